The van der Waals surface area contributed by atoms with E-state index in [0.29, 0.717) is 6.04 Å². The third kappa shape index (κ3) is 3.09. The van der Waals surface area contributed by atoms with Crippen molar-refractivity contribution in [3.63, 3.8) is 0 Å². The maximum atomic E-state index is 5.78. The Morgan fingerprint density at radius 3 is 2.75 bits per heavy atom. The van der Waals surface area contributed by atoms with Gasteiger partial charge >= 0.3 is 0 Å². The average molecular weight is 222 g/mol. The summed E-state index contributed by atoms with van der Waals surface area (Å²) in [5.74, 6) is 2.91. The fourth-order valence-electron chi connectivity index (χ4n) is 2.39. The quantitative estimate of drug-likeness (QED) is 0.826. The highest BCUT2D eigenvalue weighted by molar-refractivity contribution is 5.05. The first-order valence-corrected chi connectivity index (χ1v) is 6.13. The molecule has 1 aliphatic carbocycles. The van der Waals surface area contributed by atoms with Crippen LogP contribution < -0.4 is 5.73 Å². The van der Waals surface area contributed by atoms with Gasteiger partial charge in [0.1, 0.15) is 11.5 Å². The molecule has 0 bridgehead atoms. The second-order valence-corrected chi connectivity index (χ2v) is 5.12. The highest BCUT2D eigenvalue weighted by Gasteiger charge is 2.26. The van der Waals surface area contributed by atoms with E-state index in [1.54, 1.807) is 0 Å². The second kappa shape index (κ2) is 5.02. The zero-order valence-corrected chi connectivity index (χ0v) is 10.3. The lowest BCUT2D eigenvalue weighted by atomic mass is 9.80. The largest absolute Gasteiger partial charge is 0.466 e. The van der Waals surface area contributed by atoms with Gasteiger partial charge in [-0.3, -0.25) is 0 Å². The van der Waals surface area contributed by atoms with E-state index >= 15 is 0 Å². The third-order valence-electron chi connectivity index (χ3n) is 3.38. The molecule has 1 aromatic heterocycles. The summed E-state index contributed by atoms with van der Waals surface area (Å²) in [6.45, 7) is 4.23. The molecule has 1 heterocycles. The summed E-state index contributed by atoms with van der Waals surface area (Å²) in [6.07, 6.45) is 3.40. The minimum Gasteiger partial charge on any atom is -0.466 e. The highest BCUT2D eigenvalue weighted by Crippen LogP contribution is 2.25. The Balaban J connectivity index is 1.65. The first-order valence-electron chi connectivity index (χ1n) is 6.13. The summed E-state index contributed by atoms with van der Waals surface area (Å²) in [4.78, 5) is 2.38. The molecule has 3 nitrogen and oxygen atoms in total. The van der Waals surface area contributed by atoms with Crippen molar-refractivity contribution in [3.8, 4) is 0 Å². The molecule has 0 atom stereocenters. The van der Waals surface area contributed by atoms with Gasteiger partial charge in [0.15, 0.2) is 0 Å². The van der Waals surface area contributed by atoms with E-state index < -0.39 is 0 Å². The van der Waals surface area contributed by atoms with Crippen molar-refractivity contribution in [2.75, 3.05) is 20.1 Å². The van der Waals surface area contributed by atoms with Gasteiger partial charge in [-0.1, -0.05) is 0 Å². The number of aryl methyl sites for hydroxylation is 1. The van der Waals surface area contributed by atoms with E-state index in [4.69, 9.17) is 10.2 Å². The first-order chi connectivity index (χ1) is 7.63. The molecule has 0 aliphatic heterocycles. The first kappa shape index (κ1) is 11.7. The van der Waals surface area contributed by atoms with Gasteiger partial charge in [0.2, 0.25) is 0 Å². The van der Waals surface area contributed by atoms with Crippen LogP contribution in [-0.2, 0) is 6.42 Å². The van der Waals surface area contributed by atoms with E-state index in [1.807, 2.05) is 13.0 Å². The second-order valence-electron chi connectivity index (χ2n) is 5.12. The van der Waals surface area contributed by atoms with Crippen molar-refractivity contribution in [1.29, 1.82) is 0 Å². The molecular weight excluding hydrogens is 200 g/mol. The Kier molecular flexibility index (Phi) is 3.66. The van der Waals surface area contributed by atoms with Gasteiger partial charge in [0.25, 0.3) is 0 Å². The zero-order chi connectivity index (χ0) is 11.5. The molecule has 1 fully saturated rings. The van der Waals surface area contributed by atoms with Crippen molar-refractivity contribution < 1.29 is 4.42 Å². The van der Waals surface area contributed by atoms with Crippen molar-refractivity contribution in [3.05, 3.63) is 23.7 Å². The van der Waals surface area contributed by atoms with Gasteiger partial charge in [0, 0.05) is 25.6 Å². The molecule has 2 rings (SSSR count). The molecule has 0 spiro atoms. The summed E-state index contributed by atoms with van der Waals surface area (Å²) in [5.41, 5.74) is 5.78. The summed E-state index contributed by atoms with van der Waals surface area (Å²) in [5, 5.41) is 0. The van der Waals surface area contributed by atoms with Gasteiger partial charge in [-0.25, -0.2) is 0 Å². The van der Waals surface area contributed by atoms with Crippen molar-refractivity contribution in [2.45, 2.75) is 32.2 Å². The predicted molar refractivity (Wildman–Crippen MR) is 65.3 cm³/mol. The molecule has 3 heteroatoms. The van der Waals surface area contributed by atoms with Crippen LogP contribution in [-0.4, -0.2) is 31.1 Å². The van der Waals surface area contributed by atoms with Crippen LogP contribution in [0.25, 0.3) is 0 Å². The molecule has 0 radical (unpaired) electrons. The SMILES string of the molecule is Cc1ccc(CCN(C)CC2CC(N)C2)o1. The van der Waals surface area contributed by atoms with Gasteiger partial charge < -0.3 is 15.1 Å². The van der Waals surface area contributed by atoms with Crippen molar-refractivity contribution in [2.24, 2.45) is 11.7 Å². The summed E-state index contributed by atoms with van der Waals surface area (Å²) < 4.78 is 5.55. The number of hydrogen-bond donors (Lipinski definition) is 1. The topological polar surface area (TPSA) is 42.4 Å². The number of nitrogens with two attached hydrogens (primary N) is 1. The van der Waals surface area contributed by atoms with Gasteiger partial charge in [-0.05, 0) is 44.9 Å². The summed E-state index contributed by atoms with van der Waals surface area (Å²) >= 11 is 0. The lowest BCUT2D eigenvalue weighted by Gasteiger charge is -2.35. The van der Waals surface area contributed by atoms with Crippen LogP contribution >= 0.6 is 0 Å². The van der Waals surface area contributed by atoms with E-state index in [1.165, 1.54) is 19.4 Å². The molecule has 1 aliphatic rings. The lowest BCUT2D eigenvalue weighted by molar-refractivity contribution is 0.182. The van der Waals surface area contributed by atoms with Crippen LogP contribution in [0.4, 0.5) is 0 Å². The molecule has 0 amide bonds. The van der Waals surface area contributed by atoms with E-state index in [2.05, 4.69) is 18.0 Å². The Labute approximate surface area is 97.6 Å². The standard InChI is InChI=1S/C13H22N2O/c1-10-3-4-13(16-10)5-6-15(2)9-11-7-12(14)8-11/h3-4,11-12H,5-9,14H2,1-2H3. The van der Waals surface area contributed by atoms with Gasteiger partial charge in [0.05, 0.1) is 0 Å². The van der Waals surface area contributed by atoms with Crippen LogP contribution in [0.15, 0.2) is 16.5 Å². The van der Waals surface area contributed by atoms with E-state index in [-0.39, 0.29) is 0 Å². The van der Waals surface area contributed by atoms with Crippen LogP contribution in [0.1, 0.15) is 24.4 Å². The molecule has 0 unspecified atom stereocenters. The van der Waals surface area contributed by atoms with Crippen molar-refractivity contribution in [1.82, 2.24) is 4.90 Å². The Hall–Kier alpha value is -0.800. The van der Waals surface area contributed by atoms with E-state index in [0.717, 1.165) is 30.4 Å². The number of hydrogen-bond acceptors (Lipinski definition) is 3. The molecule has 2 N–H and O–H groups in total. The van der Waals surface area contributed by atoms with Gasteiger partial charge in [-0.15, -0.1) is 0 Å². The Morgan fingerprint density at radius 1 is 1.44 bits per heavy atom. The Morgan fingerprint density at radius 2 is 2.19 bits per heavy atom. The molecule has 0 aromatic carbocycles. The smallest absolute Gasteiger partial charge is 0.105 e. The van der Waals surface area contributed by atoms with Crippen LogP contribution in [0, 0.1) is 12.8 Å². The summed E-state index contributed by atoms with van der Waals surface area (Å²) in [6, 6.07) is 4.56. The number of likely N-dealkylation sites (N-methyl/N-ethyl adjacent to an activating group) is 1. The van der Waals surface area contributed by atoms with Crippen LogP contribution in [0.5, 0.6) is 0 Å². The minimum atomic E-state index is 0.464. The highest BCUT2D eigenvalue weighted by atomic mass is 16.3. The molecule has 0 saturated heterocycles. The zero-order valence-electron chi connectivity index (χ0n) is 10.3. The maximum Gasteiger partial charge on any atom is 0.105 e. The van der Waals surface area contributed by atoms with Gasteiger partial charge in [-0.2, -0.15) is 0 Å². The monoisotopic (exact) mass is 222 g/mol. The summed E-state index contributed by atoms with van der Waals surface area (Å²) in [7, 11) is 2.18. The molecule has 1 saturated carbocycles. The molecule has 1 aromatic rings. The Bertz CT molecular complexity index is 328. The normalized spacial score (nSPS) is 24.8. The lowest BCUT2D eigenvalue weighted by Crippen LogP contribution is -2.42. The minimum absolute atomic E-state index is 0.464. The maximum absolute atomic E-state index is 5.78. The fraction of sp³-hybridized carbons (Fsp3) is 0.692. The van der Waals surface area contributed by atoms with Crippen LogP contribution in [0.3, 0.4) is 0 Å². The number of rotatable bonds is 5. The number of furan rings is 1. The number of nitrogens with zero attached hydrogens (tertiary/aromatic N) is 1. The molecular formula is C13H22N2O. The predicted octanol–water partition coefficient (Wildman–Crippen LogP) is 1.80. The third-order valence-corrected chi connectivity index (χ3v) is 3.38. The molecule has 90 valence electrons. The molecule has 16 heavy (non-hydrogen) atoms. The van der Waals surface area contributed by atoms with Crippen molar-refractivity contribution >= 4 is 0 Å². The fourth-order valence-corrected chi connectivity index (χ4v) is 2.39. The average Bonchev–Trinajstić information content (AvgIpc) is 2.59. The van der Waals surface area contributed by atoms with E-state index in [9.17, 15) is 0 Å². The van der Waals surface area contributed by atoms with Crippen LogP contribution in [0.2, 0.25) is 0 Å².